The Morgan fingerprint density at radius 2 is 1.50 bits per heavy atom. The molecule has 1 nitrogen and oxygen atoms in total. The number of benzene rings is 2. The molecule has 3 rings (SSSR count). The molecule has 2 aromatic carbocycles. The molecule has 0 aliphatic heterocycles. The largest absolute Gasteiger partial charge is 0.220 e. The van der Waals surface area contributed by atoms with Gasteiger partial charge >= 0.3 is 0 Å². The Balaban J connectivity index is 2.43. The second-order valence-electron chi connectivity index (χ2n) is 5.46. The van der Waals surface area contributed by atoms with Crippen LogP contribution < -0.4 is 4.57 Å². The average Bonchev–Trinajstić information content (AvgIpc) is 2.60. The molecule has 110 valence electrons. The number of pyridine rings is 1. The van der Waals surface area contributed by atoms with E-state index in [4.69, 9.17) is 8.22 Å². The zero-order valence-corrected chi connectivity index (χ0v) is 12.7. The van der Waals surface area contributed by atoms with Crippen molar-refractivity contribution >= 4 is 0 Å². The van der Waals surface area contributed by atoms with Gasteiger partial charge in [0.05, 0.1) is 5.56 Å². The van der Waals surface area contributed by atoms with E-state index >= 15 is 0 Å². The smallest absolute Gasteiger partial charge is 0.200 e. The zero-order chi connectivity index (χ0) is 20.7. The van der Waals surface area contributed by atoms with E-state index in [0.717, 1.165) is 16.8 Å². The average molecular weight is 294 g/mol. The third-order valence-electron chi connectivity index (χ3n) is 3.86. The summed E-state index contributed by atoms with van der Waals surface area (Å²) in [7, 11) is 1.79. The molecular weight excluding hydrogens is 266 g/mol. The van der Waals surface area contributed by atoms with Gasteiger partial charge in [-0.15, -0.1) is 0 Å². The van der Waals surface area contributed by atoms with E-state index in [0.29, 0.717) is 11.1 Å². The summed E-state index contributed by atoms with van der Waals surface area (Å²) < 4.78 is 49.0. The summed E-state index contributed by atoms with van der Waals surface area (Å²) >= 11 is 0. The lowest BCUT2D eigenvalue weighted by Gasteiger charge is -2.12. The summed E-state index contributed by atoms with van der Waals surface area (Å²) in [5, 5.41) is 0. The van der Waals surface area contributed by atoms with Crippen LogP contribution in [0.15, 0.2) is 60.8 Å². The number of aryl methyl sites for hydroxylation is 4. The summed E-state index contributed by atoms with van der Waals surface area (Å²) in [4.78, 5) is 0. The van der Waals surface area contributed by atoms with Gasteiger partial charge in [0.2, 0.25) is 5.69 Å². The Hall–Kier alpha value is -2.41. The van der Waals surface area contributed by atoms with Gasteiger partial charge in [-0.2, -0.15) is 0 Å². The van der Waals surface area contributed by atoms with Crippen molar-refractivity contribution in [1.82, 2.24) is 0 Å². The molecule has 0 bridgehead atoms. The van der Waals surface area contributed by atoms with Crippen LogP contribution in [0.1, 0.15) is 24.9 Å². The molecule has 0 amide bonds. The molecule has 0 radical (unpaired) electrons. The van der Waals surface area contributed by atoms with Crippen LogP contribution in [-0.2, 0) is 7.05 Å². The predicted octanol–water partition coefficient (Wildman–Crippen LogP) is 4.77. The van der Waals surface area contributed by atoms with Crippen molar-refractivity contribution in [2.75, 3.05) is 0 Å². The molecule has 3 aromatic rings. The summed E-state index contributed by atoms with van der Waals surface area (Å²) in [5.74, 6) is 0. The first kappa shape index (κ1) is 8.89. The lowest BCUT2D eigenvalue weighted by molar-refractivity contribution is -0.660. The number of aromatic nitrogens is 1. The maximum absolute atomic E-state index is 7.93. The lowest BCUT2D eigenvalue weighted by atomic mass is 9.93. The molecule has 0 N–H and O–H groups in total. The lowest BCUT2D eigenvalue weighted by Crippen LogP contribution is -2.32. The SMILES string of the molecule is [2H]C([2H])([2H])c1cc(-c2ccccc2C([2H])([2H])[2H])c(-c2ccccc2C)[n+](C)c1. The first-order valence-electron chi connectivity index (χ1n) is 10.2. The summed E-state index contributed by atoms with van der Waals surface area (Å²) in [6.45, 7) is -2.63. The van der Waals surface area contributed by atoms with Crippen LogP contribution in [0.25, 0.3) is 22.4 Å². The van der Waals surface area contributed by atoms with Crippen molar-refractivity contribution in [2.24, 2.45) is 7.05 Å². The molecular formula is C21H22N+. The molecule has 1 heterocycles. The van der Waals surface area contributed by atoms with Gasteiger partial charge in [0.1, 0.15) is 7.05 Å². The highest BCUT2D eigenvalue weighted by Crippen LogP contribution is 2.33. The molecule has 0 spiro atoms. The van der Waals surface area contributed by atoms with E-state index in [2.05, 4.69) is 0 Å². The van der Waals surface area contributed by atoms with Crippen LogP contribution in [0.2, 0.25) is 0 Å². The van der Waals surface area contributed by atoms with Gasteiger partial charge in [-0.25, -0.2) is 4.57 Å². The van der Waals surface area contributed by atoms with Crippen LogP contribution in [-0.4, -0.2) is 0 Å². The molecule has 0 aliphatic carbocycles. The first-order valence-corrected chi connectivity index (χ1v) is 7.20. The zero-order valence-electron chi connectivity index (χ0n) is 18.7. The minimum absolute atomic E-state index is 0.169. The van der Waals surface area contributed by atoms with Crippen molar-refractivity contribution in [3.8, 4) is 22.4 Å². The molecule has 1 aromatic heterocycles. The topological polar surface area (TPSA) is 3.88 Å². The summed E-state index contributed by atoms with van der Waals surface area (Å²) in [6, 6.07) is 16.2. The minimum Gasteiger partial charge on any atom is -0.200 e. The van der Waals surface area contributed by atoms with Crippen molar-refractivity contribution in [1.29, 1.82) is 0 Å². The minimum atomic E-state index is -2.31. The molecule has 22 heavy (non-hydrogen) atoms. The maximum atomic E-state index is 7.93. The number of hydrogen-bond donors (Lipinski definition) is 0. The molecule has 0 aliphatic rings. The fourth-order valence-corrected chi connectivity index (χ4v) is 2.82. The van der Waals surface area contributed by atoms with Gasteiger partial charge in [0.15, 0.2) is 6.20 Å². The van der Waals surface area contributed by atoms with Gasteiger partial charge in [0, 0.05) is 19.4 Å². The van der Waals surface area contributed by atoms with Crippen LogP contribution in [0, 0.1) is 20.6 Å². The van der Waals surface area contributed by atoms with Crippen molar-refractivity contribution in [2.45, 2.75) is 20.6 Å². The molecule has 0 unspecified atom stereocenters. The third kappa shape index (κ3) is 2.55. The number of nitrogens with zero attached hydrogens (tertiary/aromatic N) is 1. The van der Waals surface area contributed by atoms with E-state index in [-0.39, 0.29) is 11.1 Å². The summed E-state index contributed by atoms with van der Waals surface area (Å²) in [5.41, 5.74) is 4.21. The Kier molecular flexibility index (Phi) is 2.33. The predicted molar refractivity (Wildman–Crippen MR) is 92.7 cm³/mol. The molecule has 0 saturated heterocycles. The van der Waals surface area contributed by atoms with E-state index < -0.39 is 13.7 Å². The number of hydrogen-bond acceptors (Lipinski definition) is 0. The van der Waals surface area contributed by atoms with Crippen molar-refractivity contribution in [3.63, 3.8) is 0 Å². The molecule has 1 heteroatoms. The molecule has 0 fully saturated rings. The van der Waals surface area contributed by atoms with E-state index in [1.54, 1.807) is 48.1 Å². The van der Waals surface area contributed by atoms with Crippen molar-refractivity contribution in [3.05, 3.63) is 77.5 Å². The van der Waals surface area contributed by atoms with Gasteiger partial charge in [-0.3, -0.25) is 0 Å². The Morgan fingerprint density at radius 3 is 2.18 bits per heavy atom. The van der Waals surface area contributed by atoms with Gasteiger partial charge in [-0.1, -0.05) is 42.5 Å². The van der Waals surface area contributed by atoms with E-state index in [1.807, 2.05) is 31.2 Å². The summed E-state index contributed by atoms with van der Waals surface area (Å²) in [6.07, 6.45) is 1.59. The van der Waals surface area contributed by atoms with E-state index in [1.165, 1.54) is 0 Å². The van der Waals surface area contributed by atoms with Crippen LogP contribution in [0.3, 0.4) is 0 Å². The fraction of sp³-hybridized carbons (Fsp3) is 0.190. The molecule has 0 atom stereocenters. The monoisotopic (exact) mass is 294 g/mol. The normalized spacial score (nSPS) is 15.9. The quantitative estimate of drug-likeness (QED) is 0.599. The maximum Gasteiger partial charge on any atom is 0.220 e. The highest BCUT2D eigenvalue weighted by Gasteiger charge is 2.20. The standard InChI is InChI=1S/C21H22N/c1-15-13-20(18-11-7-5-9-16(18)2)21(22(4)14-15)19-12-8-6-10-17(19)3/h5-14H,1-4H3/q+1/i1D3,2D3. The van der Waals surface area contributed by atoms with Crippen LogP contribution in [0.4, 0.5) is 0 Å². The Bertz CT molecular complexity index is 1020. The second kappa shape index (κ2) is 5.76. The van der Waals surface area contributed by atoms with E-state index in [9.17, 15) is 0 Å². The van der Waals surface area contributed by atoms with Crippen molar-refractivity contribution < 1.29 is 12.8 Å². The highest BCUT2D eigenvalue weighted by molar-refractivity contribution is 5.81. The molecule has 0 saturated carbocycles. The van der Waals surface area contributed by atoms with Gasteiger partial charge in [0.25, 0.3) is 0 Å². The number of rotatable bonds is 2. The van der Waals surface area contributed by atoms with Crippen LogP contribution >= 0.6 is 0 Å². The van der Waals surface area contributed by atoms with Gasteiger partial charge in [-0.05, 0) is 49.5 Å². The first-order chi connectivity index (χ1) is 13.0. The van der Waals surface area contributed by atoms with Crippen LogP contribution in [0.5, 0.6) is 0 Å². The Labute approximate surface area is 141 Å². The van der Waals surface area contributed by atoms with Gasteiger partial charge < -0.3 is 0 Å². The Morgan fingerprint density at radius 1 is 0.818 bits per heavy atom. The third-order valence-corrected chi connectivity index (χ3v) is 3.86. The second-order valence-corrected chi connectivity index (χ2v) is 5.46. The highest BCUT2D eigenvalue weighted by atomic mass is 14.9. The fourth-order valence-electron chi connectivity index (χ4n) is 2.82.